The van der Waals surface area contributed by atoms with E-state index in [0.717, 1.165) is 38.5 Å². The third-order valence-electron chi connectivity index (χ3n) is 16.7. The average Bonchev–Trinajstić information content (AvgIpc) is 3.41. The molecule has 0 heterocycles. The van der Waals surface area contributed by atoms with Gasteiger partial charge in [-0.3, -0.25) is 14.4 Å². The van der Waals surface area contributed by atoms with Crippen LogP contribution in [0.4, 0.5) is 4.39 Å². The quantitative estimate of drug-likeness (QED) is 0.196. The maximum absolute atomic E-state index is 14.7. The molecule has 1 unspecified atom stereocenters. The Kier molecular flexibility index (Phi) is 10.2. The number of ether oxygens (including phenoxy) is 1. The van der Waals surface area contributed by atoms with Crippen LogP contribution in [0.3, 0.4) is 0 Å². The minimum atomic E-state index is -1.15. The first-order chi connectivity index (χ1) is 24.2. The molecule has 6 rings (SSSR count). The van der Waals surface area contributed by atoms with E-state index in [4.69, 9.17) is 4.74 Å². The van der Waals surface area contributed by atoms with Gasteiger partial charge in [-0.05, 0) is 149 Å². The second-order valence-electron chi connectivity index (χ2n) is 20.1. The highest BCUT2D eigenvalue weighted by Gasteiger charge is 2.70. The van der Waals surface area contributed by atoms with Crippen molar-refractivity contribution >= 4 is 17.8 Å². The van der Waals surface area contributed by atoms with Crippen LogP contribution in [0.2, 0.25) is 0 Å². The molecule has 0 aromatic heterocycles. The van der Waals surface area contributed by atoms with E-state index in [1.165, 1.54) is 24.8 Å². The lowest BCUT2D eigenvalue weighted by molar-refractivity contribution is -0.245. The summed E-state index contributed by atoms with van der Waals surface area (Å²) in [4.78, 5) is 38.2. The van der Waals surface area contributed by atoms with E-state index in [2.05, 4.69) is 53.4 Å². The van der Waals surface area contributed by atoms with Crippen molar-refractivity contribution in [2.24, 2.45) is 68.5 Å². The van der Waals surface area contributed by atoms with Gasteiger partial charge in [0, 0.05) is 23.9 Å². The highest BCUT2D eigenvalue weighted by Crippen LogP contribution is 2.76. The number of rotatable bonds is 9. The fraction of sp³-hybridized carbons (Fsp3) is 0.756. The number of carboxylic acids is 1. The Hall–Kier alpha value is -2.70. The predicted molar refractivity (Wildman–Crippen MR) is 202 cm³/mol. The van der Waals surface area contributed by atoms with Gasteiger partial charge in [0.15, 0.2) is 0 Å². The number of carbonyl (C=O) groups excluding carboxylic acids is 2. The van der Waals surface area contributed by atoms with Crippen LogP contribution in [0, 0.1) is 81.2 Å². The summed E-state index contributed by atoms with van der Waals surface area (Å²) in [5.74, 6) is 1.76. The summed E-state index contributed by atoms with van der Waals surface area (Å²) in [7, 11) is 0. The summed E-state index contributed by atoms with van der Waals surface area (Å²) in [6.45, 7) is 24.3. The highest BCUT2D eigenvalue weighted by molar-refractivity contribution is 5.81. The van der Waals surface area contributed by atoms with Gasteiger partial charge in [0.1, 0.15) is 11.9 Å². The lowest BCUT2D eigenvalue weighted by atomic mass is 9.33. The van der Waals surface area contributed by atoms with Crippen LogP contribution in [0.25, 0.3) is 0 Å². The largest absolute Gasteiger partial charge is 0.481 e. The van der Waals surface area contributed by atoms with E-state index in [1.54, 1.807) is 32.9 Å². The molecular formula is C45H66FNO5. The molecule has 5 aliphatic carbocycles. The number of halogens is 1. The van der Waals surface area contributed by atoms with E-state index in [1.807, 2.05) is 6.07 Å². The first-order valence-electron chi connectivity index (χ1n) is 20.3. The fourth-order valence-electron chi connectivity index (χ4n) is 13.7. The first kappa shape index (κ1) is 39.0. The van der Waals surface area contributed by atoms with Gasteiger partial charge in [-0.1, -0.05) is 65.0 Å². The number of amides is 1. The number of carbonyl (C=O) groups is 3. The lowest BCUT2D eigenvalue weighted by Crippen LogP contribution is -2.66. The SMILES string of the molecule is C=C(C)[C@@H]1C[C@@H](CC(=O)NCc2cccc(C)c2F)C2CC[C@]3(C)[C@H](CC[C@@H]4[C@@]5(C)CC[C@H](OC(=O)CC(C)(C)C(=O)O)C(C)(C)[C@@H]5CC[C@]43C)[C@H]21. The van der Waals surface area contributed by atoms with Crippen molar-refractivity contribution in [3.05, 3.63) is 47.3 Å². The molecule has 6 nitrogen and oxygen atoms in total. The lowest BCUT2D eigenvalue weighted by Gasteiger charge is -2.72. The predicted octanol–water partition coefficient (Wildman–Crippen LogP) is 10.1. The van der Waals surface area contributed by atoms with E-state index in [0.29, 0.717) is 59.0 Å². The van der Waals surface area contributed by atoms with Gasteiger partial charge in [-0.2, -0.15) is 0 Å². The fourth-order valence-corrected chi connectivity index (χ4v) is 13.7. The molecule has 288 valence electrons. The first-order valence-corrected chi connectivity index (χ1v) is 20.3. The summed E-state index contributed by atoms with van der Waals surface area (Å²) in [6.07, 6.45) is 10.0. The summed E-state index contributed by atoms with van der Waals surface area (Å²) in [6, 6.07) is 5.36. The molecule has 52 heavy (non-hydrogen) atoms. The number of benzene rings is 1. The van der Waals surface area contributed by atoms with Crippen LogP contribution in [0.5, 0.6) is 0 Å². The second-order valence-corrected chi connectivity index (χ2v) is 20.1. The number of esters is 1. The van der Waals surface area contributed by atoms with Crippen LogP contribution in [-0.4, -0.2) is 29.1 Å². The van der Waals surface area contributed by atoms with E-state index < -0.39 is 17.4 Å². The van der Waals surface area contributed by atoms with Crippen LogP contribution in [0.15, 0.2) is 30.4 Å². The van der Waals surface area contributed by atoms with Crippen molar-refractivity contribution in [2.45, 2.75) is 146 Å². The topological polar surface area (TPSA) is 92.7 Å². The van der Waals surface area contributed by atoms with Crippen LogP contribution in [-0.2, 0) is 25.7 Å². The van der Waals surface area contributed by atoms with Crippen LogP contribution in [0.1, 0.15) is 137 Å². The Morgan fingerprint density at radius 3 is 2.35 bits per heavy atom. The number of carboxylic acid groups (broad SMARTS) is 1. The van der Waals surface area contributed by atoms with Gasteiger partial charge < -0.3 is 15.2 Å². The zero-order valence-electron chi connectivity index (χ0n) is 33.5. The molecule has 1 aromatic carbocycles. The van der Waals surface area contributed by atoms with Gasteiger partial charge in [0.2, 0.25) is 5.91 Å². The summed E-state index contributed by atoms with van der Waals surface area (Å²) >= 11 is 0. The second kappa shape index (κ2) is 13.6. The van der Waals surface area contributed by atoms with Crippen molar-refractivity contribution in [3.63, 3.8) is 0 Å². The summed E-state index contributed by atoms with van der Waals surface area (Å²) in [5.41, 5.74) is 1.54. The molecule has 1 amide bonds. The summed E-state index contributed by atoms with van der Waals surface area (Å²) < 4.78 is 20.8. The van der Waals surface area contributed by atoms with Gasteiger partial charge in [0.05, 0.1) is 11.8 Å². The minimum absolute atomic E-state index is 0.0248. The van der Waals surface area contributed by atoms with Crippen molar-refractivity contribution in [2.75, 3.05) is 0 Å². The highest BCUT2D eigenvalue weighted by atomic mass is 19.1. The van der Waals surface area contributed by atoms with E-state index in [-0.39, 0.29) is 52.5 Å². The molecule has 0 aliphatic heterocycles. The maximum Gasteiger partial charge on any atom is 0.309 e. The monoisotopic (exact) mass is 719 g/mol. The van der Waals surface area contributed by atoms with E-state index >= 15 is 0 Å². The number of hydrogen-bond acceptors (Lipinski definition) is 4. The zero-order valence-corrected chi connectivity index (χ0v) is 33.5. The Bertz CT molecular complexity index is 1600. The van der Waals surface area contributed by atoms with Crippen molar-refractivity contribution in [1.29, 1.82) is 0 Å². The molecule has 11 atom stereocenters. The third-order valence-corrected chi connectivity index (χ3v) is 16.7. The molecule has 0 bridgehead atoms. The Morgan fingerprint density at radius 2 is 1.67 bits per heavy atom. The number of nitrogens with one attached hydrogen (secondary N) is 1. The van der Waals surface area contributed by atoms with Crippen molar-refractivity contribution < 1.29 is 28.6 Å². The number of fused-ring (bicyclic) bond motifs is 7. The summed E-state index contributed by atoms with van der Waals surface area (Å²) in [5, 5.41) is 12.6. The van der Waals surface area contributed by atoms with Crippen LogP contribution >= 0.6 is 0 Å². The Balaban J connectivity index is 1.18. The van der Waals surface area contributed by atoms with Gasteiger partial charge in [-0.15, -0.1) is 0 Å². The molecule has 5 saturated carbocycles. The van der Waals surface area contributed by atoms with Crippen molar-refractivity contribution in [1.82, 2.24) is 5.32 Å². The Labute approximate surface area is 312 Å². The molecule has 1 aromatic rings. The zero-order chi connectivity index (χ0) is 38.2. The smallest absolute Gasteiger partial charge is 0.309 e. The number of hydrogen-bond donors (Lipinski definition) is 2. The van der Waals surface area contributed by atoms with Crippen LogP contribution < -0.4 is 5.32 Å². The average molecular weight is 720 g/mol. The number of aliphatic carboxylic acids is 1. The van der Waals surface area contributed by atoms with Gasteiger partial charge in [-0.25, -0.2) is 4.39 Å². The molecule has 0 radical (unpaired) electrons. The molecule has 0 spiro atoms. The van der Waals surface area contributed by atoms with Gasteiger partial charge in [0.25, 0.3) is 0 Å². The van der Waals surface area contributed by atoms with Gasteiger partial charge >= 0.3 is 11.9 Å². The molecule has 0 saturated heterocycles. The molecule has 5 fully saturated rings. The standard InChI is InChI=1S/C45H66FNO5/c1-26(2)31-22-29(23-36(48)47-25-28-13-11-12-27(3)39(28)46)30-16-20-44(9)32(38(30)31)14-15-34-43(8)19-18-35(52-37(49)24-41(4,5)40(50)51)42(6,7)33(43)17-21-45(34,44)10/h11-13,29-35,38H,1,14-25H2,2-10H3,(H,47,48)(H,50,51)/t29-,30?,31-,32+,33-,34+,35-,38+,43-,44+,45+/m0/s1. The molecule has 2 N–H and O–H groups in total. The number of aryl methyl sites for hydroxylation is 1. The number of allylic oxidation sites excluding steroid dienone is 1. The van der Waals surface area contributed by atoms with E-state index in [9.17, 15) is 23.9 Å². The molecular weight excluding hydrogens is 653 g/mol. The third kappa shape index (κ3) is 6.26. The Morgan fingerprint density at radius 1 is 0.981 bits per heavy atom. The minimum Gasteiger partial charge on any atom is -0.481 e. The molecule has 5 aliphatic rings. The maximum atomic E-state index is 14.7. The molecule has 7 heteroatoms. The normalized spacial score (nSPS) is 39.3. The van der Waals surface area contributed by atoms with Crippen molar-refractivity contribution in [3.8, 4) is 0 Å².